The largest absolute Gasteiger partial charge is 0.478 e. The summed E-state index contributed by atoms with van der Waals surface area (Å²) in [7, 11) is 0. The number of piperidine rings is 1. The first kappa shape index (κ1) is 16.0. The monoisotopic (exact) mass is 292 g/mol. The van der Waals surface area contributed by atoms with E-state index in [1.54, 1.807) is 6.33 Å². The molecule has 0 aromatic carbocycles. The summed E-state index contributed by atoms with van der Waals surface area (Å²) >= 11 is 0. The molecule has 0 aliphatic carbocycles. The van der Waals surface area contributed by atoms with Crippen molar-refractivity contribution in [2.24, 2.45) is 5.92 Å². The number of rotatable bonds is 7. The number of anilines is 1. The quantitative estimate of drug-likeness (QED) is 0.836. The SMILES string of the molecule is CCCOc1cc(N2CCCC(CNC(C)C)C2)ncn1. The van der Waals surface area contributed by atoms with Gasteiger partial charge in [0, 0.05) is 25.2 Å². The molecule has 118 valence electrons. The Morgan fingerprint density at radius 1 is 1.43 bits per heavy atom. The third-order valence-electron chi connectivity index (χ3n) is 3.74. The number of hydrogen-bond acceptors (Lipinski definition) is 5. The Hall–Kier alpha value is -1.36. The van der Waals surface area contributed by atoms with E-state index in [1.165, 1.54) is 12.8 Å². The molecule has 2 rings (SSSR count). The van der Waals surface area contributed by atoms with Gasteiger partial charge in [-0.25, -0.2) is 9.97 Å². The van der Waals surface area contributed by atoms with Crippen molar-refractivity contribution >= 4 is 5.82 Å². The van der Waals surface area contributed by atoms with E-state index in [4.69, 9.17) is 4.74 Å². The summed E-state index contributed by atoms with van der Waals surface area (Å²) in [6.07, 6.45) is 5.11. The topological polar surface area (TPSA) is 50.3 Å². The van der Waals surface area contributed by atoms with Gasteiger partial charge in [0.25, 0.3) is 0 Å². The highest BCUT2D eigenvalue weighted by atomic mass is 16.5. The summed E-state index contributed by atoms with van der Waals surface area (Å²) in [6, 6.07) is 2.52. The van der Waals surface area contributed by atoms with Crippen LogP contribution in [0.15, 0.2) is 12.4 Å². The maximum Gasteiger partial charge on any atom is 0.218 e. The van der Waals surface area contributed by atoms with E-state index in [0.29, 0.717) is 24.4 Å². The molecule has 21 heavy (non-hydrogen) atoms. The second-order valence-electron chi connectivity index (χ2n) is 6.08. The third-order valence-corrected chi connectivity index (χ3v) is 3.74. The third kappa shape index (κ3) is 5.16. The van der Waals surface area contributed by atoms with Crippen LogP contribution in [0.4, 0.5) is 5.82 Å². The molecule has 1 aromatic rings. The molecule has 1 aliphatic rings. The molecule has 1 aliphatic heterocycles. The summed E-state index contributed by atoms with van der Waals surface area (Å²) in [5.41, 5.74) is 0. The van der Waals surface area contributed by atoms with Gasteiger partial charge in [-0.3, -0.25) is 0 Å². The lowest BCUT2D eigenvalue weighted by Gasteiger charge is -2.34. The second-order valence-corrected chi connectivity index (χ2v) is 6.08. The van der Waals surface area contributed by atoms with Gasteiger partial charge in [0.1, 0.15) is 12.1 Å². The van der Waals surface area contributed by atoms with Gasteiger partial charge in [0.05, 0.1) is 6.61 Å². The van der Waals surface area contributed by atoms with Crippen LogP contribution >= 0.6 is 0 Å². The standard InChI is InChI=1S/C16H28N4O/c1-4-8-21-16-9-15(18-12-19-16)20-7-5-6-14(11-20)10-17-13(2)3/h9,12-14,17H,4-8,10-11H2,1-3H3. The van der Waals surface area contributed by atoms with Gasteiger partial charge in [0.15, 0.2) is 0 Å². The first-order valence-corrected chi connectivity index (χ1v) is 8.12. The summed E-state index contributed by atoms with van der Waals surface area (Å²) in [6.45, 7) is 10.4. The summed E-state index contributed by atoms with van der Waals surface area (Å²) in [4.78, 5) is 11.0. The fourth-order valence-corrected chi connectivity index (χ4v) is 2.63. The van der Waals surface area contributed by atoms with Crippen LogP contribution in [0.25, 0.3) is 0 Å². The minimum absolute atomic E-state index is 0.550. The van der Waals surface area contributed by atoms with Gasteiger partial charge in [-0.05, 0) is 31.7 Å². The summed E-state index contributed by atoms with van der Waals surface area (Å²) in [5, 5.41) is 3.54. The van der Waals surface area contributed by atoms with E-state index in [2.05, 4.69) is 41.0 Å². The Morgan fingerprint density at radius 3 is 3.05 bits per heavy atom. The molecule has 0 saturated carbocycles. The number of hydrogen-bond donors (Lipinski definition) is 1. The number of nitrogens with one attached hydrogen (secondary N) is 1. The van der Waals surface area contributed by atoms with Crippen molar-refractivity contribution in [1.82, 2.24) is 15.3 Å². The molecule has 0 radical (unpaired) electrons. The molecular formula is C16H28N4O. The van der Waals surface area contributed by atoms with Crippen molar-refractivity contribution in [3.05, 3.63) is 12.4 Å². The zero-order chi connectivity index (χ0) is 15.1. The zero-order valence-electron chi connectivity index (χ0n) is 13.5. The van der Waals surface area contributed by atoms with E-state index in [0.717, 1.165) is 31.9 Å². The predicted octanol–water partition coefficient (Wildman–Crippen LogP) is 2.48. The fourth-order valence-electron chi connectivity index (χ4n) is 2.63. The highest BCUT2D eigenvalue weighted by molar-refractivity contribution is 5.41. The Labute approximate surface area is 128 Å². The lowest BCUT2D eigenvalue weighted by molar-refractivity contribution is 0.304. The minimum atomic E-state index is 0.550. The smallest absolute Gasteiger partial charge is 0.218 e. The fraction of sp³-hybridized carbons (Fsp3) is 0.750. The van der Waals surface area contributed by atoms with Gasteiger partial charge < -0.3 is 15.0 Å². The number of ether oxygens (including phenoxy) is 1. The van der Waals surface area contributed by atoms with E-state index in [9.17, 15) is 0 Å². The molecule has 1 atom stereocenters. The molecular weight excluding hydrogens is 264 g/mol. The van der Waals surface area contributed by atoms with Crippen molar-refractivity contribution in [2.45, 2.75) is 46.1 Å². The normalized spacial score (nSPS) is 19.0. The Morgan fingerprint density at radius 2 is 2.29 bits per heavy atom. The van der Waals surface area contributed by atoms with Gasteiger partial charge >= 0.3 is 0 Å². The predicted molar refractivity (Wildman–Crippen MR) is 85.9 cm³/mol. The molecule has 1 unspecified atom stereocenters. The van der Waals surface area contributed by atoms with Gasteiger partial charge in [-0.1, -0.05) is 20.8 Å². The van der Waals surface area contributed by atoms with Crippen LogP contribution in [0, 0.1) is 5.92 Å². The lowest BCUT2D eigenvalue weighted by Crippen LogP contribution is -2.41. The molecule has 2 heterocycles. The van der Waals surface area contributed by atoms with Crippen LogP contribution < -0.4 is 15.0 Å². The molecule has 1 aromatic heterocycles. The molecule has 5 heteroatoms. The summed E-state index contributed by atoms with van der Waals surface area (Å²) < 4.78 is 5.60. The Kier molecular flexibility index (Phi) is 6.23. The van der Waals surface area contributed by atoms with Crippen LogP contribution in [0.3, 0.4) is 0 Å². The van der Waals surface area contributed by atoms with Crippen LogP contribution in [-0.2, 0) is 0 Å². The minimum Gasteiger partial charge on any atom is -0.478 e. The first-order valence-electron chi connectivity index (χ1n) is 8.12. The van der Waals surface area contributed by atoms with Crippen molar-refractivity contribution < 1.29 is 4.74 Å². The van der Waals surface area contributed by atoms with Crippen molar-refractivity contribution in [1.29, 1.82) is 0 Å². The second kappa shape index (κ2) is 8.17. The van der Waals surface area contributed by atoms with Gasteiger partial charge in [-0.15, -0.1) is 0 Å². The van der Waals surface area contributed by atoms with E-state index in [1.807, 2.05) is 6.07 Å². The maximum absolute atomic E-state index is 5.60. The van der Waals surface area contributed by atoms with Crippen molar-refractivity contribution in [2.75, 3.05) is 31.1 Å². The van der Waals surface area contributed by atoms with Crippen molar-refractivity contribution in [3.63, 3.8) is 0 Å². The van der Waals surface area contributed by atoms with Crippen LogP contribution in [0.5, 0.6) is 5.88 Å². The first-order chi connectivity index (χ1) is 10.2. The van der Waals surface area contributed by atoms with Crippen LogP contribution in [0.1, 0.15) is 40.0 Å². The van der Waals surface area contributed by atoms with Gasteiger partial charge in [-0.2, -0.15) is 0 Å². The molecule has 0 amide bonds. The van der Waals surface area contributed by atoms with E-state index >= 15 is 0 Å². The molecule has 0 bridgehead atoms. The van der Waals surface area contributed by atoms with E-state index < -0.39 is 0 Å². The number of nitrogens with zero attached hydrogens (tertiary/aromatic N) is 3. The van der Waals surface area contributed by atoms with Crippen LogP contribution in [-0.4, -0.2) is 42.3 Å². The van der Waals surface area contributed by atoms with Crippen LogP contribution in [0.2, 0.25) is 0 Å². The molecule has 1 N–H and O–H groups in total. The molecule has 1 saturated heterocycles. The highest BCUT2D eigenvalue weighted by Gasteiger charge is 2.21. The van der Waals surface area contributed by atoms with E-state index in [-0.39, 0.29) is 0 Å². The molecule has 1 fully saturated rings. The lowest BCUT2D eigenvalue weighted by atomic mass is 9.98. The Bertz CT molecular complexity index is 424. The Balaban J connectivity index is 1.93. The molecule has 5 nitrogen and oxygen atoms in total. The average molecular weight is 292 g/mol. The maximum atomic E-state index is 5.60. The van der Waals surface area contributed by atoms with Gasteiger partial charge in [0.2, 0.25) is 5.88 Å². The number of aromatic nitrogens is 2. The average Bonchev–Trinajstić information content (AvgIpc) is 2.51. The van der Waals surface area contributed by atoms with Crippen molar-refractivity contribution in [3.8, 4) is 5.88 Å². The zero-order valence-corrected chi connectivity index (χ0v) is 13.5. The highest BCUT2D eigenvalue weighted by Crippen LogP contribution is 2.23. The molecule has 0 spiro atoms. The summed E-state index contributed by atoms with van der Waals surface area (Å²) in [5.74, 6) is 2.37.